The van der Waals surface area contributed by atoms with Crippen LogP contribution >= 0.6 is 0 Å². The van der Waals surface area contributed by atoms with Gasteiger partial charge in [-0.2, -0.15) is 0 Å². The van der Waals surface area contributed by atoms with Gasteiger partial charge in [-0.15, -0.1) is 0 Å². The molecule has 0 aromatic carbocycles. The Bertz CT molecular complexity index is 548. The third kappa shape index (κ3) is 4.93. The Kier molecular flexibility index (Phi) is 5.46. The highest BCUT2D eigenvalue weighted by atomic mass is 28.3. The van der Waals surface area contributed by atoms with Crippen molar-refractivity contribution in [3.63, 3.8) is 0 Å². The van der Waals surface area contributed by atoms with E-state index in [1.165, 1.54) is 12.1 Å². The van der Waals surface area contributed by atoms with Gasteiger partial charge in [0.05, 0.1) is 5.92 Å². The van der Waals surface area contributed by atoms with Crippen LogP contribution in [0.5, 0.6) is 0 Å². The fourth-order valence-electron chi connectivity index (χ4n) is 4.17. The Morgan fingerprint density at radius 1 is 1.04 bits per heavy atom. The Morgan fingerprint density at radius 3 is 2.13 bits per heavy atom. The van der Waals surface area contributed by atoms with Crippen LogP contribution in [0.4, 0.5) is 0 Å². The second-order valence-corrected chi connectivity index (χ2v) is 20.8. The zero-order valence-corrected chi connectivity index (χ0v) is 18.0. The lowest BCUT2D eigenvalue weighted by Gasteiger charge is -2.31. The summed E-state index contributed by atoms with van der Waals surface area (Å²) < 4.78 is 6.02. The van der Waals surface area contributed by atoms with Crippen molar-refractivity contribution >= 4 is 21.9 Å². The summed E-state index contributed by atoms with van der Waals surface area (Å²) in [6.45, 7) is 16.7. The molecule has 3 atom stereocenters. The fourth-order valence-corrected chi connectivity index (χ4v) is 8.17. The molecule has 1 aliphatic rings. The quantitative estimate of drug-likeness (QED) is 0.606. The molecule has 1 aliphatic carbocycles. The van der Waals surface area contributed by atoms with E-state index in [-0.39, 0.29) is 5.92 Å². The lowest BCUT2D eigenvalue weighted by atomic mass is 9.90. The predicted octanol–water partition coefficient (Wildman–Crippen LogP) is 5.81. The molecule has 1 heterocycles. The lowest BCUT2D eigenvalue weighted by Crippen LogP contribution is -2.32. The smallest absolute Gasteiger partial charge is 0.144 e. The molecule has 4 heteroatoms. The van der Waals surface area contributed by atoms with Crippen molar-refractivity contribution in [1.29, 1.82) is 0 Å². The van der Waals surface area contributed by atoms with Crippen molar-refractivity contribution in [1.82, 2.24) is 0 Å². The molecular weight excluding hydrogens is 316 g/mol. The third-order valence-corrected chi connectivity index (χ3v) is 8.35. The standard InChI is InChI=1S/C19H34O2Si2/c1-8-15-9-10-18(21-15)19-16(13-23(5,6)7)14(11-17(19)20)12-22(2,3)4/h9-10,14,16,19H,8,11-13H2,1-7H3/t14-,16+,19-/m1/s1. The Labute approximate surface area is 144 Å². The van der Waals surface area contributed by atoms with Crippen LogP contribution < -0.4 is 0 Å². The number of furan rings is 1. The van der Waals surface area contributed by atoms with Gasteiger partial charge in [0.25, 0.3) is 0 Å². The third-order valence-electron chi connectivity index (χ3n) is 4.90. The number of hydrogen-bond donors (Lipinski definition) is 0. The zero-order valence-electron chi connectivity index (χ0n) is 16.0. The molecule has 0 spiro atoms. The van der Waals surface area contributed by atoms with E-state index in [2.05, 4.69) is 58.3 Å². The van der Waals surface area contributed by atoms with Gasteiger partial charge in [-0.25, -0.2) is 0 Å². The Morgan fingerprint density at radius 2 is 1.65 bits per heavy atom. The number of ketones is 1. The highest BCUT2D eigenvalue weighted by molar-refractivity contribution is 6.76. The maximum Gasteiger partial charge on any atom is 0.144 e. The molecule has 0 bridgehead atoms. The van der Waals surface area contributed by atoms with E-state index in [9.17, 15) is 4.79 Å². The number of carbonyl (C=O) groups excluding carboxylic acids is 1. The van der Waals surface area contributed by atoms with Crippen LogP contribution in [-0.2, 0) is 11.2 Å². The molecule has 0 amide bonds. The van der Waals surface area contributed by atoms with Crippen LogP contribution in [0, 0.1) is 11.8 Å². The fraction of sp³-hybridized carbons (Fsp3) is 0.737. The van der Waals surface area contributed by atoms with Crippen LogP contribution in [0.1, 0.15) is 30.8 Å². The molecule has 2 nitrogen and oxygen atoms in total. The minimum Gasteiger partial charge on any atom is -0.465 e. The monoisotopic (exact) mass is 350 g/mol. The zero-order chi connectivity index (χ0) is 17.4. The van der Waals surface area contributed by atoms with Crippen LogP contribution in [-0.4, -0.2) is 21.9 Å². The second kappa shape index (κ2) is 6.71. The van der Waals surface area contributed by atoms with E-state index in [1.54, 1.807) is 0 Å². The van der Waals surface area contributed by atoms with Gasteiger partial charge in [0, 0.05) is 29.0 Å². The van der Waals surface area contributed by atoms with Gasteiger partial charge in [0.15, 0.2) is 0 Å². The first-order valence-electron chi connectivity index (χ1n) is 9.11. The van der Waals surface area contributed by atoms with Gasteiger partial charge in [0.2, 0.25) is 0 Å². The average Bonchev–Trinajstić information content (AvgIpc) is 2.91. The average molecular weight is 351 g/mol. The Hall–Kier alpha value is -0.616. The SMILES string of the molecule is CCc1ccc([C@H]2C(=O)C[C@H](C[Si](C)(C)C)[C@@H]2C[Si](C)(C)C)o1. The highest BCUT2D eigenvalue weighted by Gasteiger charge is 2.47. The van der Waals surface area contributed by atoms with Crippen molar-refractivity contribution in [2.24, 2.45) is 11.8 Å². The van der Waals surface area contributed by atoms with E-state index in [1.807, 2.05) is 0 Å². The minimum absolute atomic E-state index is 0.0170. The van der Waals surface area contributed by atoms with Crippen LogP contribution in [0.2, 0.25) is 51.4 Å². The number of carbonyl (C=O) groups is 1. The molecule has 0 unspecified atom stereocenters. The molecule has 2 rings (SSSR count). The Balaban J connectivity index is 2.32. The molecule has 0 N–H and O–H groups in total. The van der Waals surface area contributed by atoms with Crippen molar-refractivity contribution in [2.45, 2.75) is 77.1 Å². The van der Waals surface area contributed by atoms with Crippen LogP contribution in [0.15, 0.2) is 16.5 Å². The summed E-state index contributed by atoms with van der Waals surface area (Å²) in [4.78, 5) is 12.8. The first-order valence-corrected chi connectivity index (χ1v) is 16.5. The summed E-state index contributed by atoms with van der Waals surface area (Å²) in [6.07, 6.45) is 1.67. The van der Waals surface area contributed by atoms with E-state index in [0.717, 1.165) is 24.4 Å². The van der Waals surface area contributed by atoms with Crippen LogP contribution in [0.25, 0.3) is 0 Å². The van der Waals surface area contributed by atoms with Crippen molar-refractivity contribution < 1.29 is 9.21 Å². The van der Waals surface area contributed by atoms with E-state index >= 15 is 0 Å². The summed E-state index contributed by atoms with van der Waals surface area (Å²) >= 11 is 0. The molecule has 0 radical (unpaired) electrons. The molecule has 23 heavy (non-hydrogen) atoms. The number of Topliss-reactive ketones (excluding diaryl/α,β-unsaturated/α-hetero) is 1. The lowest BCUT2D eigenvalue weighted by molar-refractivity contribution is -0.119. The molecule has 1 aromatic rings. The summed E-state index contributed by atoms with van der Waals surface area (Å²) in [5.74, 6) is 3.45. The van der Waals surface area contributed by atoms with Crippen molar-refractivity contribution in [3.05, 3.63) is 23.7 Å². The summed E-state index contributed by atoms with van der Waals surface area (Å²) in [5.41, 5.74) is 0. The topological polar surface area (TPSA) is 30.2 Å². The molecule has 0 saturated heterocycles. The van der Waals surface area contributed by atoms with Gasteiger partial charge in [-0.1, -0.05) is 58.3 Å². The number of hydrogen-bond acceptors (Lipinski definition) is 2. The maximum atomic E-state index is 12.8. The van der Waals surface area contributed by atoms with Gasteiger partial charge in [-0.05, 0) is 24.0 Å². The summed E-state index contributed by atoms with van der Waals surface area (Å²) in [7, 11) is -2.39. The molecule has 1 aromatic heterocycles. The predicted molar refractivity (Wildman–Crippen MR) is 104 cm³/mol. The molecule has 0 aliphatic heterocycles. The van der Waals surface area contributed by atoms with Gasteiger partial charge in [-0.3, -0.25) is 4.79 Å². The van der Waals surface area contributed by atoms with Gasteiger partial charge < -0.3 is 4.42 Å². The first-order chi connectivity index (χ1) is 10.5. The number of rotatable bonds is 6. The minimum atomic E-state index is -1.22. The molecule has 130 valence electrons. The van der Waals surface area contributed by atoms with Crippen molar-refractivity contribution in [2.75, 3.05) is 0 Å². The molecule has 1 saturated carbocycles. The van der Waals surface area contributed by atoms with Gasteiger partial charge in [0.1, 0.15) is 17.3 Å². The maximum absolute atomic E-state index is 12.8. The highest BCUT2D eigenvalue weighted by Crippen LogP contribution is 2.48. The van der Waals surface area contributed by atoms with E-state index < -0.39 is 16.1 Å². The van der Waals surface area contributed by atoms with Crippen molar-refractivity contribution in [3.8, 4) is 0 Å². The van der Waals surface area contributed by atoms with E-state index in [0.29, 0.717) is 17.6 Å². The van der Waals surface area contributed by atoms with Gasteiger partial charge >= 0.3 is 0 Å². The largest absolute Gasteiger partial charge is 0.465 e. The first kappa shape index (κ1) is 18.7. The molecule has 1 fully saturated rings. The number of aryl methyl sites for hydroxylation is 1. The summed E-state index contributed by atoms with van der Waals surface area (Å²) in [6, 6.07) is 6.63. The summed E-state index contributed by atoms with van der Waals surface area (Å²) in [5, 5.41) is 0. The van der Waals surface area contributed by atoms with E-state index in [4.69, 9.17) is 4.42 Å². The van der Waals surface area contributed by atoms with Crippen LogP contribution in [0.3, 0.4) is 0 Å². The normalized spacial score (nSPS) is 26.0. The molecular formula is C19H34O2Si2. The second-order valence-electron chi connectivity index (χ2n) is 9.76.